The van der Waals surface area contributed by atoms with Crippen molar-refractivity contribution in [1.82, 2.24) is 0 Å². The number of hydrogen-bond acceptors (Lipinski definition) is 2. The molecule has 1 saturated heterocycles. The van der Waals surface area contributed by atoms with E-state index >= 15 is 0 Å². The zero-order valence-electron chi connectivity index (χ0n) is 10.8. The van der Waals surface area contributed by atoms with E-state index in [4.69, 9.17) is 9.84 Å². The van der Waals surface area contributed by atoms with Gasteiger partial charge < -0.3 is 9.84 Å². The van der Waals surface area contributed by atoms with Crippen LogP contribution in [0.1, 0.15) is 64.7 Å². The van der Waals surface area contributed by atoms with Crippen LogP contribution in [-0.2, 0) is 9.53 Å². The quantitative estimate of drug-likeness (QED) is 0.819. The van der Waals surface area contributed by atoms with Gasteiger partial charge in [-0.3, -0.25) is 4.79 Å². The molecule has 1 heterocycles. The largest absolute Gasteiger partial charge is 0.481 e. The van der Waals surface area contributed by atoms with Crippen molar-refractivity contribution in [3.8, 4) is 0 Å². The lowest BCUT2D eigenvalue weighted by molar-refractivity contribution is -0.144. The van der Waals surface area contributed by atoms with Crippen molar-refractivity contribution in [3.63, 3.8) is 0 Å². The van der Waals surface area contributed by atoms with Gasteiger partial charge in [0.1, 0.15) is 0 Å². The molecule has 0 bridgehead atoms. The molecule has 98 valence electrons. The van der Waals surface area contributed by atoms with Gasteiger partial charge in [0.15, 0.2) is 0 Å². The molecule has 0 radical (unpaired) electrons. The highest BCUT2D eigenvalue weighted by molar-refractivity contribution is 5.69. The second kappa shape index (κ2) is 5.38. The lowest BCUT2D eigenvalue weighted by Gasteiger charge is -2.33. The van der Waals surface area contributed by atoms with Crippen molar-refractivity contribution in [3.05, 3.63) is 0 Å². The number of carbonyl (C=O) groups is 1. The Morgan fingerprint density at radius 1 is 1.35 bits per heavy atom. The van der Waals surface area contributed by atoms with Gasteiger partial charge in [-0.2, -0.15) is 0 Å². The van der Waals surface area contributed by atoms with Crippen molar-refractivity contribution < 1.29 is 14.6 Å². The molecule has 1 saturated carbocycles. The van der Waals surface area contributed by atoms with Crippen LogP contribution in [0, 0.1) is 5.92 Å². The zero-order chi connectivity index (χ0) is 12.3. The number of carboxylic acid groups (broad SMARTS) is 1. The van der Waals surface area contributed by atoms with Gasteiger partial charge in [0.05, 0.1) is 17.6 Å². The third-order valence-electron chi connectivity index (χ3n) is 4.49. The number of hydrogen-bond donors (Lipinski definition) is 1. The molecule has 1 aliphatic carbocycles. The molecule has 0 amide bonds. The lowest BCUT2D eigenvalue weighted by atomic mass is 9.83. The fourth-order valence-corrected chi connectivity index (χ4v) is 3.38. The molecule has 1 N–H and O–H groups in total. The second-order valence-electron chi connectivity index (χ2n) is 5.70. The fraction of sp³-hybridized carbons (Fsp3) is 0.929. The maximum absolute atomic E-state index is 11.0. The summed E-state index contributed by atoms with van der Waals surface area (Å²) in [5.41, 5.74) is 0.125. The summed E-state index contributed by atoms with van der Waals surface area (Å²) in [6.45, 7) is 1.95. The van der Waals surface area contributed by atoms with Crippen molar-refractivity contribution in [2.45, 2.75) is 76.4 Å². The molecular formula is C14H24O3. The van der Waals surface area contributed by atoms with Gasteiger partial charge in [-0.05, 0) is 38.5 Å². The molecule has 1 spiro atoms. The second-order valence-corrected chi connectivity index (χ2v) is 5.70. The molecule has 2 atom stereocenters. The molecule has 1 aliphatic heterocycles. The summed E-state index contributed by atoms with van der Waals surface area (Å²) in [4.78, 5) is 11.0. The first-order valence-corrected chi connectivity index (χ1v) is 7.06. The number of rotatable bonds is 4. The Morgan fingerprint density at radius 3 is 2.65 bits per heavy atom. The van der Waals surface area contributed by atoms with E-state index in [1.165, 1.54) is 32.1 Å². The number of carboxylic acids is 1. The molecule has 2 aliphatic rings. The van der Waals surface area contributed by atoms with Gasteiger partial charge in [-0.25, -0.2) is 0 Å². The molecule has 3 heteroatoms. The molecule has 0 aromatic rings. The Morgan fingerprint density at radius 2 is 2.06 bits per heavy atom. The van der Waals surface area contributed by atoms with Crippen LogP contribution in [0.3, 0.4) is 0 Å². The zero-order valence-corrected chi connectivity index (χ0v) is 10.8. The molecule has 17 heavy (non-hydrogen) atoms. The fourth-order valence-electron chi connectivity index (χ4n) is 3.38. The molecule has 0 aromatic heterocycles. The van der Waals surface area contributed by atoms with Gasteiger partial charge >= 0.3 is 5.97 Å². The van der Waals surface area contributed by atoms with Crippen LogP contribution in [-0.4, -0.2) is 22.8 Å². The van der Waals surface area contributed by atoms with E-state index in [0.29, 0.717) is 12.8 Å². The highest BCUT2D eigenvalue weighted by atomic mass is 16.5. The molecule has 0 aromatic carbocycles. The minimum atomic E-state index is -0.666. The number of aliphatic carboxylic acids is 1. The summed E-state index contributed by atoms with van der Waals surface area (Å²) in [6, 6.07) is 0. The third kappa shape index (κ3) is 3.01. The summed E-state index contributed by atoms with van der Waals surface area (Å²) < 4.78 is 6.21. The standard InChI is InChI=1S/C14H24O3/c1-2-11(13(15)16)10-12-6-9-14(17-12)7-4-3-5-8-14/h11-12H,2-10H2,1H3,(H,15,16). The summed E-state index contributed by atoms with van der Waals surface area (Å²) in [6.07, 6.45) is 10.1. The van der Waals surface area contributed by atoms with Gasteiger partial charge in [-0.1, -0.05) is 26.2 Å². The predicted molar refractivity (Wildman–Crippen MR) is 66.0 cm³/mol. The molecule has 2 unspecified atom stereocenters. The van der Waals surface area contributed by atoms with E-state index < -0.39 is 5.97 Å². The van der Waals surface area contributed by atoms with Gasteiger partial charge in [0.2, 0.25) is 0 Å². The summed E-state index contributed by atoms with van der Waals surface area (Å²) in [7, 11) is 0. The Bertz CT molecular complexity index is 269. The summed E-state index contributed by atoms with van der Waals surface area (Å²) in [5, 5.41) is 9.08. The minimum Gasteiger partial charge on any atom is -0.481 e. The van der Waals surface area contributed by atoms with E-state index in [1.807, 2.05) is 6.92 Å². The highest BCUT2D eigenvalue weighted by Gasteiger charge is 2.41. The minimum absolute atomic E-state index is 0.125. The van der Waals surface area contributed by atoms with Crippen LogP contribution in [0.15, 0.2) is 0 Å². The van der Waals surface area contributed by atoms with Crippen molar-refractivity contribution >= 4 is 5.97 Å². The molecule has 2 rings (SSSR count). The Labute approximate surface area is 104 Å². The molecule has 2 fully saturated rings. The summed E-state index contributed by atoms with van der Waals surface area (Å²) in [5.74, 6) is -0.889. The van der Waals surface area contributed by atoms with Gasteiger partial charge in [-0.15, -0.1) is 0 Å². The monoisotopic (exact) mass is 240 g/mol. The highest BCUT2D eigenvalue weighted by Crippen LogP contribution is 2.43. The van der Waals surface area contributed by atoms with E-state index in [-0.39, 0.29) is 17.6 Å². The Balaban J connectivity index is 1.86. The SMILES string of the molecule is CCC(CC1CCC2(CCCCC2)O1)C(=O)O. The van der Waals surface area contributed by atoms with Gasteiger partial charge in [0, 0.05) is 0 Å². The normalized spacial score (nSPS) is 29.4. The summed E-state index contributed by atoms with van der Waals surface area (Å²) >= 11 is 0. The van der Waals surface area contributed by atoms with Crippen LogP contribution in [0.5, 0.6) is 0 Å². The van der Waals surface area contributed by atoms with E-state index in [1.54, 1.807) is 0 Å². The van der Waals surface area contributed by atoms with E-state index in [9.17, 15) is 4.79 Å². The Kier molecular flexibility index (Phi) is 4.08. The van der Waals surface area contributed by atoms with Crippen LogP contribution in [0.25, 0.3) is 0 Å². The maximum Gasteiger partial charge on any atom is 0.306 e. The average molecular weight is 240 g/mol. The maximum atomic E-state index is 11.0. The van der Waals surface area contributed by atoms with Crippen LogP contribution in [0.4, 0.5) is 0 Å². The van der Waals surface area contributed by atoms with Crippen LogP contribution in [0.2, 0.25) is 0 Å². The van der Waals surface area contributed by atoms with E-state index in [0.717, 1.165) is 12.8 Å². The smallest absolute Gasteiger partial charge is 0.306 e. The van der Waals surface area contributed by atoms with Crippen molar-refractivity contribution in [2.75, 3.05) is 0 Å². The predicted octanol–water partition coefficient (Wildman–Crippen LogP) is 3.37. The van der Waals surface area contributed by atoms with Crippen molar-refractivity contribution in [2.24, 2.45) is 5.92 Å². The Hall–Kier alpha value is -0.570. The first kappa shape index (κ1) is 12.9. The van der Waals surface area contributed by atoms with Crippen LogP contribution >= 0.6 is 0 Å². The number of ether oxygens (including phenoxy) is 1. The third-order valence-corrected chi connectivity index (χ3v) is 4.49. The average Bonchev–Trinajstić information content (AvgIpc) is 2.70. The topological polar surface area (TPSA) is 46.5 Å². The molecular weight excluding hydrogens is 216 g/mol. The molecule has 3 nitrogen and oxygen atoms in total. The first-order valence-electron chi connectivity index (χ1n) is 7.06. The van der Waals surface area contributed by atoms with Crippen LogP contribution < -0.4 is 0 Å². The van der Waals surface area contributed by atoms with Gasteiger partial charge in [0.25, 0.3) is 0 Å². The van der Waals surface area contributed by atoms with E-state index in [2.05, 4.69) is 0 Å². The lowest BCUT2D eigenvalue weighted by Crippen LogP contribution is -2.32. The van der Waals surface area contributed by atoms with Crippen molar-refractivity contribution in [1.29, 1.82) is 0 Å². The first-order chi connectivity index (χ1) is 8.15.